The number of imide groups is 1. The number of carbonyl (C=O) groups excluding carboxylic acids is 4. The zero-order chi connectivity index (χ0) is 25.2. The Morgan fingerprint density at radius 1 is 0.818 bits per heavy atom. The van der Waals surface area contributed by atoms with E-state index < -0.39 is 57.4 Å². The second-order valence-corrected chi connectivity index (χ2v) is 6.87. The van der Waals surface area contributed by atoms with Crippen LogP contribution in [0.15, 0.2) is 36.4 Å². The first-order chi connectivity index (χ1) is 15.3. The van der Waals surface area contributed by atoms with Gasteiger partial charge in [-0.1, -0.05) is 24.3 Å². The largest absolute Gasteiger partial charge is 0.411 e. The molecule has 0 spiro atoms. The predicted molar refractivity (Wildman–Crippen MR) is 103 cm³/mol. The van der Waals surface area contributed by atoms with Gasteiger partial charge < -0.3 is 5.32 Å². The van der Waals surface area contributed by atoms with Crippen molar-refractivity contribution in [3.63, 3.8) is 0 Å². The molecule has 33 heavy (non-hydrogen) atoms. The van der Waals surface area contributed by atoms with Gasteiger partial charge in [-0.15, -0.1) is 0 Å². The minimum atomic E-state index is -6.00. The molecule has 0 atom stereocenters. The van der Waals surface area contributed by atoms with Crippen molar-refractivity contribution in [3.8, 4) is 0 Å². The number of hydrogen-bond donors (Lipinski definition) is 2. The van der Waals surface area contributed by atoms with Crippen LogP contribution < -0.4 is 10.6 Å². The number of halogens is 6. The molecular formula is C21H16F6N2O4. The third kappa shape index (κ3) is 4.32. The molecule has 0 saturated carbocycles. The van der Waals surface area contributed by atoms with Gasteiger partial charge in [0.15, 0.2) is 6.29 Å². The molecule has 0 aromatic heterocycles. The molecule has 2 aromatic carbocycles. The van der Waals surface area contributed by atoms with Gasteiger partial charge in [-0.2, -0.15) is 26.3 Å². The zero-order valence-electron chi connectivity index (χ0n) is 17.0. The predicted octanol–water partition coefficient (Wildman–Crippen LogP) is 3.46. The molecule has 0 radical (unpaired) electrons. The molecule has 6 nitrogen and oxygen atoms in total. The Morgan fingerprint density at radius 3 is 1.79 bits per heavy atom. The lowest BCUT2D eigenvalue weighted by molar-refractivity contribution is -0.288. The molecule has 0 unspecified atom stereocenters. The molecule has 2 N–H and O–H groups in total. The average molecular weight is 474 g/mol. The topological polar surface area (TPSA) is 92.3 Å². The average Bonchev–Trinajstić information content (AvgIpc) is 2.72. The third-order valence-corrected chi connectivity index (χ3v) is 5.04. The second kappa shape index (κ2) is 9.04. The monoisotopic (exact) mass is 474 g/mol. The van der Waals surface area contributed by atoms with Crippen LogP contribution in [-0.2, 0) is 10.2 Å². The first-order valence-corrected chi connectivity index (χ1v) is 9.07. The number of carbonyl (C=O) groups is 4. The highest BCUT2D eigenvalue weighted by Gasteiger charge is 2.72. The van der Waals surface area contributed by atoms with Crippen molar-refractivity contribution in [1.82, 2.24) is 10.6 Å². The van der Waals surface area contributed by atoms with Crippen molar-refractivity contribution in [2.75, 3.05) is 7.05 Å². The number of hydrogen-bond acceptors (Lipinski definition) is 4. The number of benzene rings is 2. The molecule has 0 aliphatic carbocycles. The summed E-state index contributed by atoms with van der Waals surface area (Å²) >= 11 is 0. The maximum absolute atomic E-state index is 14.4. The maximum Gasteiger partial charge on any atom is 0.411 e. The first kappa shape index (κ1) is 25.6. The van der Waals surface area contributed by atoms with E-state index in [2.05, 4.69) is 5.32 Å². The minimum absolute atomic E-state index is 0.0127. The van der Waals surface area contributed by atoms with E-state index >= 15 is 0 Å². The zero-order valence-corrected chi connectivity index (χ0v) is 17.0. The molecule has 0 aliphatic rings. The molecular weight excluding hydrogens is 458 g/mol. The van der Waals surface area contributed by atoms with Gasteiger partial charge in [-0.25, -0.2) is 0 Å². The van der Waals surface area contributed by atoms with E-state index in [4.69, 9.17) is 0 Å². The lowest BCUT2D eigenvalue weighted by Crippen LogP contribution is -2.55. The quantitative estimate of drug-likeness (QED) is 0.496. The molecule has 12 heteroatoms. The van der Waals surface area contributed by atoms with Crippen molar-refractivity contribution in [2.45, 2.75) is 24.7 Å². The summed E-state index contributed by atoms with van der Waals surface area (Å²) in [7, 11) is 1.09. The fraction of sp³-hybridized carbons (Fsp3) is 0.238. The van der Waals surface area contributed by atoms with E-state index in [1.165, 1.54) is 6.92 Å². The second-order valence-electron chi connectivity index (χ2n) is 6.87. The summed E-state index contributed by atoms with van der Waals surface area (Å²) in [6, 6.07) is 3.29. The van der Waals surface area contributed by atoms with Crippen LogP contribution >= 0.6 is 0 Å². The number of aryl methyl sites for hydroxylation is 1. The van der Waals surface area contributed by atoms with Crippen LogP contribution in [0.1, 0.15) is 47.8 Å². The lowest BCUT2D eigenvalue weighted by atomic mass is 9.71. The van der Waals surface area contributed by atoms with Crippen LogP contribution in [0.4, 0.5) is 26.3 Å². The van der Waals surface area contributed by atoms with E-state index in [0.29, 0.717) is 30.3 Å². The Balaban J connectivity index is 3.02. The van der Waals surface area contributed by atoms with E-state index in [-0.39, 0.29) is 18.3 Å². The van der Waals surface area contributed by atoms with E-state index in [0.717, 1.165) is 13.1 Å². The number of amides is 3. The minimum Gasteiger partial charge on any atom is -0.355 e. The van der Waals surface area contributed by atoms with Gasteiger partial charge in [0.05, 0.1) is 5.56 Å². The summed E-state index contributed by atoms with van der Waals surface area (Å²) in [5.74, 6) is -2.28. The number of nitrogens with one attached hydrogen (secondary N) is 2. The normalized spacial score (nSPS) is 12.1. The lowest BCUT2D eigenvalue weighted by Gasteiger charge is -2.38. The highest BCUT2D eigenvalue weighted by molar-refractivity contribution is 6.02. The maximum atomic E-state index is 14.4. The fourth-order valence-electron chi connectivity index (χ4n) is 3.44. The van der Waals surface area contributed by atoms with Gasteiger partial charge in [0.25, 0.3) is 11.8 Å². The summed E-state index contributed by atoms with van der Waals surface area (Å²) in [6.07, 6.45) is -11.9. The van der Waals surface area contributed by atoms with Gasteiger partial charge in [-0.05, 0) is 35.7 Å². The summed E-state index contributed by atoms with van der Waals surface area (Å²) in [6.45, 7) is 1.26. The van der Waals surface area contributed by atoms with E-state index in [9.17, 15) is 45.5 Å². The van der Waals surface area contributed by atoms with Crippen LogP contribution in [0.3, 0.4) is 0 Å². The summed E-state index contributed by atoms with van der Waals surface area (Å²) in [4.78, 5) is 45.8. The Bertz CT molecular complexity index is 1090. The molecule has 0 heterocycles. The fourth-order valence-corrected chi connectivity index (χ4v) is 3.44. The van der Waals surface area contributed by atoms with Crippen molar-refractivity contribution in [2.24, 2.45) is 0 Å². The Morgan fingerprint density at radius 2 is 1.33 bits per heavy atom. The van der Waals surface area contributed by atoms with E-state index in [1.54, 1.807) is 5.32 Å². The number of rotatable bonds is 6. The molecule has 0 saturated heterocycles. The van der Waals surface area contributed by atoms with Crippen molar-refractivity contribution >= 4 is 24.5 Å². The molecule has 176 valence electrons. The van der Waals surface area contributed by atoms with Crippen LogP contribution in [0.5, 0.6) is 0 Å². The van der Waals surface area contributed by atoms with Gasteiger partial charge in [0.1, 0.15) is 0 Å². The van der Waals surface area contributed by atoms with Crippen LogP contribution in [0, 0.1) is 6.92 Å². The number of aldehydes is 1. The number of alkyl halides is 6. The standard InChI is InChI=1S/C21H16F6N2O4/c1-11-3-5-13(7-15(11)18(33)29-10-31)19(20(22,23)24,21(25,26)27)14-6-4-12(9-30)16(8-14)17(32)28-2/h3-10H,1-2H3,(H,28,32)(H,29,31,33). The van der Waals surface area contributed by atoms with Crippen LogP contribution in [0.25, 0.3) is 0 Å². The van der Waals surface area contributed by atoms with Gasteiger partial charge in [-0.3, -0.25) is 24.5 Å². The Kier molecular flexibility index (Phi) is 7.00. The summed E-state index contributed by atoms with van der Waals surface area (Å²) in [5, 5.41) is 3.72. The Labute approximate surface area is 183 Å². The van der Waals surface area contributed by atoms with Crippen molar-refractivity contribution < 1.29 is 45.5 Å². The van der Waals surface area contributed by atoms with Gasteiger partial charge in [0, 0.05) is 18.2 Å². The van der Waals surface area contributed by atoms with Gasteiger partial charge in [0.2, 0.25) is 11.8 Å². The molecule has 2 aromatic rings. The van der Waals surface area contributed by atoms with Crippen molar-refractivity contribution in [3.05, 3.63) is 69.8 Å². The highest BCUT2D eigenvalue weighted by Crippen LogP contribution is 2.56. The van der Waals surface area contributed by atoms with Crippen molar-refractivity contribution in [1.29, 1.82) is 0 Å². The molecule has 0 bridgehead atoms. The van der Waals surface area contributed by atoms with Gasteiger partial charge >= 0.3 is 12.4 Å². The third-order valence-electron chi connectivity index (χ3n) is 5.04. The first-order valence-electron chi connectivity index (χ1n) is 9.07. The molecule has 0 fully saturated rings. The molecule has 2 rings (SSSR count). The molecule has 0 aliphatic heterocycles. The van der Waals surface area contributed by atoms with Crippen LogP contribution in [-0.4, -0.2) is 43.9 Å². The summed E-state index contributed by atoms with van der Waals surface area (Å²) in [5.41, 5.74) is -9.13. The van der Waals surface area contributed by atoms with E-state index in [1.807, 2.05) is 0 Å². The molecule has 3 amide bonds. The van der Waals surface area contributed by atoms with Crippen LogP contribution in [0.2, 0.25) is 0 Å². The Hall–Kier alpha value is -3.70. The summed E-state index contributed by atoms with van der Waals surface area (Å²) < 4.78 is 86.2. The SMILES string of the molecule is CNC(=O)c1cc(C(c2ccc(C)c(C(=O)NC=O)c2)(C(F)(F)F)C(F)(F)F)ccc1C=O. The highest BCUT2D eigenvalue weighted by atomic mass is 19.4. The smallest absolute Gasteiger partial charge is 0.355 e.